The molecule has 1 atom stereocenters. The number of alkyl halides is 2. The molecule has 0 unspecified atom stereocenters. The summed E-state index contributed by atoms with van der Waals surface area (Å²) in [5.74, 6) is -2.80. The molecule has 2 saturated heterocycles. The van der Waals surface area contributed by atoms with E-state index in [9.17, 15) is 13.6 Å². The van der Waals surface area contributed by atoms with Crippen molar-refractivity contribution in [2.45, 2.75) is 25.3 Å². The fourth-order valence-corrected chi connectivity index (χ4v) is 2.48. The quantitative estimate of drug-likeness (QED) is 0.640. The van der Waals surface area contributed by atoms with Crippen molar-refractivity contribution in [1.82, 2.24) is 10.2 Å². The Bertz CT molecular complexity index is 290. The van der Waals surface area contributed by atoms with Gasteiger partial charge in [-0.2, -0.15) is 0 Å². The number of nitrogens with one attached hydrogen (secondary N) is 1. The third kappa shape index (κ3) is 1.47. The number of amides is 1. The molecule has 0 aromatic carbocycles. The highest BCUT2D eigenvalue weighted by atomic mass is 19.3. The van der Waals surface area contributed by atoms with Crippen molar-refractivity contribution in [3.8, 4) is 0 Å². The zero-order valence-corrected chi connectivity index (χ0v) is 8.46. The van der Waals surface area contributed by atoms with Gasteiger partial charge in [0.25, 0.3) is 5.92 Å². The fraction of sp³-hybridized carbons (Fsp3) is 0.889. The van der Waals surface area contributed by atoms with Gasteiger partial charge in [0.05, 0.1) is 12.0 Å². The second kappa shape index (κ2) is 3.04. The van der Waals surface area contributed by atoms with E-state index in [1.54, 1.807) is 0 Å². The summed E-state index contributed by atoms with van der Waals surface area (Å²) in [6.07, 6.45) is -0.772. The maximum atomic E-state index is 13.6. The minimum atomic E-state index is -2.80. The normalized spacial score (nSPS) is 32.5. The smallest absolute Gasteiger partial charge is 0.407 e. The molecule has 1 amide bonds. The van der Waals surface area contributed by atoms with Gasteiger partial charge in [-0.05, 0) is 13.3 Å². The molecule has 0 saturated carbocycles. The second-order valence-electron chi connectivity index (χ2n) is 4.61. The lowest BCUT2D eigenvalue weighted by molar-refractivity contribution is -0.200. The summed E-state index contributed by atoms with van der Waals surface area (Å²) in [4.78, 5) is 11.6. The molecule has 0 radical (unpaired) electrons. The average molecular weight is 220 g/mol. The van der Waals surface area contributed by atoms with Gasteiger partial charge in [0.15, 0.2) is 0 Å². The minimum absolute atomic E-state index is 0.0283. The zero-order valence-electron chi connectivity index (χ0n) is 8.46. The van der Waals surface area contributed by atoms with Gasteiger partial charge in [-0.1, -0.05) is 0 Å². The Morgan fingerprint density at radius 2 is 2.13 bits per heavy atom. The summed E-state index contributed by atoms with van der Waals surface area (Å²) in [5.41, 5.74) is -1.13. The Hall–Kier alpha value is -0.910. The predicted molar refractivity (Wildman–Crippen MR) is 49.1 cm³/mol. The van der Waals surface area contributed by atoms with Crippen molar-refractivity contribution >= 4 is 6.09 Å². The van der Waals surface area contributed by atoms with E-state index >= 15 is 0 Å². The van der Waals surface area contributed by atoms with Crippen LogP contribution >= 0.6 is 0 Å². The highest BCUT2D eigenvalue weighted by Crippen LogP contribution is 2.49. The molecular weight excluding hydrogens is 206 g/mol. The molecule has 1 spiro atoms. The molecule has 15 heavy (non-hydrogen) atoms. The van der Waals surface area contributed by atoms with Gasteiger partial charge in [-0.3, -0.25) is 0 Å². The van der Waals surface area contributed by atoms with Crippen molar-refractivity contribution in [3.05, 3.63) is 0 Å². The SMILES string of the molecule is C[C@H]1CC2(CN(C(=O)O)C2)C(F)(F)CN1. The third-order valence-electron chi connectivity index (χ3n) is 3.40. The largest absolute Gasteiger partial charge is 0.465 e. The van der Waals surface area contributed by atoms with Crippen molar-refractivity contribution in [2.24, 2.45) is 5.41 Å². The van der Waals surface area contributed by atoms with Crippen LogP contribution in [0.15, 0.2) is 0 Å². The first-order valence-electron chi connectivity index (χ1n) is 4.95. The van der Waals surface area contributed by atoms with E-state index in [4.69, 9.17) is 5.11 Å². The van der Waals surface area contributed by atoms with Gasteiger partial charge in [-0.15, -0.1) is 0 Å². The Kier molecular flexibility index (Phi) is 2.15. The molecule has 2 rings (SSSR count). The number of rotatable bonds is 0. The summed E-state index contributed by atoms with van der Waals surface area (Å²) >= 11 is 0. The summed E-state index contributed by atoms with van der Waals surface area (Å²) in [6, 6.07) is 0.0283. The molecule has 2 N–H and O–H groups in total. The minimum Gasteiger partial charge on any atom is -0.465 e. The summed E-state index contributed by atoms with van der Waals surface area (Å²) in [6.45, 7) is 1.42. The molecular formula is C9H14F2N2O2. The van der Waals surface area contributed by atoms with Gasteiger partial charge >= 0.3 is 6.09 Å². The Morgan fingerprint density at radius 1 is 1.53 bits per heavy atom. The van der Waals surface area contributed by atoms with Crippen molar-refractivity contribution in [3.63, 3.8) is 0 Å². The number of hydrogen-bond acceptors (Lipinski definition) is 2. The van der Waals surface area contributed by atoms with Crippen LogP contribution in [0.3, 0.4) is 0 Å². The number of carbonyl (C=O) groups is 1. The monoisotopic (exact) mass is 220 g/mol. The van der Waals surface area contributed by atoms with Crippen LogP contribution in [0, 0.1) is 5.41 Å². The van der Waals surface area contributed by atoms with E-state index in [2.05, 4.69) is 5.32 Å². The van der Waals surface area contributed by atoms with E-state index in [1.807, 2.05) is 6.92 Å². The van der Waals surface area contributed by atoms with Gasteiger partial charge in [0, 0.05) is 19.1 Å². The van der Waals surface area contributed by atoms with E-state index < -0.39 is 17.4 Å². The van der Waals surface area contributed by atoms with Gasteiger partial charge in [0.2, 0.25) is 0 Å². The second-order valence-corrected chi connectivity index (χ2v) is 4.61. The number of piperidine rings is 1. The average Bonchev–Trinajstić information content (AvgIpc) is 2.04. The lowest BCUT2D eigenvalue weighted by atomic mass is 9.68. The van der Waals surface area contributed by atoms with Crippen molar-refractivity contribution in [1.29, 1.82) is 0 Å². The van der Waals surface area contributed by atoms with Gasteiger partial charge < -0.3 is 15.3 Å². The van der Waals surface area contributed by atoms with Crippen LogP contribution in [0.1, 0.15) is 13.3 Å². The van der Waals surface area contributed by atoms with Crippen LogP contribution in [0.5, 0.6) is 0 Å². The number of nitrogens with zero attached hydrogens (tertiary/aromatic N) is 1. The van der Waals surface area contributed by atoms with Crippen LogP contribution in [-0.4, -0.2) is 47.7 Å². The van der Waals surface area contributed by atoms with Crippen LogP contribution in [0.4, 0.5) is 13.6 Å². The molecule has 86 valence electrons. The number of hydrogen-bond donors (Lipinski definition) is 2. The Balaban J connectivity index is 2.10. The third-order valence-corrected chi connectivity index (χ3v) is 3.40. The van der Waals surface area contributed by atoms with E-state index in [-0.39, 0.29) is 25.7 Å². The van der Waals surface area contributed by atoms with Crippen LogP contribution in [0.2, 0.25) is 0 Å². The number of halogens is 2. The first kappa shape index (κ1) is 10.6. The summed E-state index contributed by atoms with van der Waals surface area (Å²) in [7, 11) is 0. The van der Waals surface area contributed by atoms with Crippen LogP contribution in [-0.2, 0) is 0 Å². The molecule has 0 aromatic rings. The Labute approximate surface area is 86.2 Å². The van der Waals surface area contributed by atoms with Crippen LogP contribution in [0.25, 0.3) is 0 Å². The van der Waals surface area contributed by atoms with E-state index in [1.165, 1.54) is 0 Å². The summed E-state index contributed by atoms with van der Waals surface area (Å²) < 4.78 is 27.3. The molecule has 6 heteroatoms. The first-order valence-corrected chi connectivity index (χ1v) is 4.95. The standard InChI is InChI=1S/C9H14F2N2O2/c1-6-2-8(9(10,11)3-12-6)4-13(5-8)7(14)15/h6,12H,2-5H2,1H3,(H,14,15)/t6-/m0/s1. The van der Waals surface area contributed by atoms with Gasteiger partial charge in [0.1, 0.15) is 0 Å². The van der Waals surface area contributed by atoms with Crippen molar-refractivity contribution < 1.29 is 18.7 Å². The fourth-order valence-electron chi connectivity index (χ4n) is 2.48. The maximum Gasteiger partial charge on any atom is 0.407 e. The van der Waals surface area contributed by atoms with Crippen molar-refractivity contribution in [2.75, 3.05) is 19.6 Å². The Morgan fingerprint density at radius 3 is 2.67 bits per heavy atom. The zero-order chi connectivity index (χ0) is 11.3. The molecule has 2 aliphatic heterocycles. The topological polar surface area (TPSA) is 52.6 Å². The highest BCUT2D eigenvalue weighted by molar-refractivity contribution is 5.66. The lowest BCUT2D eigenvalue weighted by Crippen LogP contribution is -2.71. The molecule has 0 aromatic heterocycles. The number of carboxylic acid groups (broad SMARTS) is 1. The van der Waals surface area contributed by atoms with Crippen LogP contribution < -0.4 is 5.32 Å². The molecule has 4 nitrogen and oxygen atoms in total. The molecule has 2 heterocycles. The number of likely N-dealkylation sites (tertiary alicyclic amines) is 1. The van der Waals surface area contributed by atoms with E-state index in [0.717, 1.165) is 4.90 Å². The predicted octanol–water partition coefficient (Wildman–Crippen LogP) is 0.984. The maximum absolute atomic E-state index is 13.6. The molecule has 0 aliphatic carbocycles. The summed E-state index contributed by atoms with van der Waals surface area (Å²) in [5, 5.41) is 11.4. The molecule has 0 bridgehead atoms. The molecule has 2 aliphatic rings. The highest BCUT2D eigenvalue weighted by Gasteiger charge is 2.63. The first-order chi connectivity index (χ1) is 6.86. The lowest BCUT2D eigenvalue weighted by Gasteiger charge is -2.56. The van der Waals surface area contributed by atoms with E-state index in [0.29, 0.717) is 6.42 Å². The van der Waals surface area contributed by atoms with Gasteiger partial charge in [-0.25, -0.2) is 13.6 Å². The molecule has 2 fully saturated rings.